The van der Waals surface area contributed by atoms with Gasteiger partial charge in [0.1, 0.15) is 0 Å². The van der Waals surface area contributed by atoms with E-state index in [4.69, 9.17) is 28.3 Å². The average Bonchev–Trinajstić information content (AvgIpc) is 2.15. The van der Waals surface area contributed by atoms with Gasteiger partial charge in [-0.3, -0.25) is 4.79 Å². The Morgan fingerprint density at radius 3 is 2.25 bits per heavy atom. The quantitative estimate of drug-likeness (QED) is 0.879. The molecule has 3 nitrogen and oxygen atoms in total. The van der Waals surface area contributed by atoms with Crippen LogP contribution in [0.15, 0.2) is 18.2 Å². The highest BCUT2D eigenvalue weighted by Gasteiger charge is 2.20. The van der Waals surface area contributed by atoms with Crippen molar-refractivity contribution < 1.29 is 9.90 Å². The maximum atomic E-state index is 11.8. The number of hydrogen-bond acceptors (Lipinski definition) is 2. The third-order valence-corrected chi connectivity index (χ3v) is 2.41. The van der Waals surface area contributed by atoms with E-state index in [-0.39, 0.29) is 12.5 Å². The van der Waals surface area contributed by atoms with Crippen LogP contribution in [-0.2, 0) is 0 Å². The molecule has 0 spiro atoms. The number of nitrogens with one attached hydrogen (secondary N) is 1. The van der Waals surface area contributed by atoms with Gasteiger partial charge in [-0.25, -0.2) is 0 Å². The van der Waals surface area contributed by atoms with Crippen molar-refractivity contribution in [3.05, 3.63) is 33.8 Å². The highest BCUT2D eigenvalue weighted by Crippen LogP contribution is 2.19. The second kappa shape index (κ2) is 5.04. The Hall–Kier alpha value is -0.770. The molecule has 1 aromatic rings. The van der Waals surface area contributed by atoms with Gasteiger partial charge < -0.3 is 10.4 Å². The maximum Gasteiger partial charge on any atom is 0.251 e. The highest BCUT2D eigenvalue weighted by molar-refractivity contribution is 6.35. The predicted molar refractivity (Wildman–Crippen MR) is 65.1 cm³/mol. The van der Waals surface area contributed by atoms with E-state index >= 15 is 0 Å². The molecule has 0 fully saturated rings. The number of rotatable bonds is 3. The van der Waals surface area contributed by atoms with Gasteiger partial charge in [0.15, 0.2) is 0 Å². The molecule has 1 amide bonds. The molecule has 0 radical (unpaired) electrons. The molecule has 0 atom stereocenters. The summed E-state index contributed by atoms with van der Waals surface area (Å²) >= 11 is 11.6. The molecule has 0 aliphatic heterocycles. The Labute approximate surface area is 104 Å². The van der Waals surface area contributed by atoms with Crippen molar-refractivity contribution in [1.82, 2.24) is 5.32 Å². The molecule has 16 heavy (non-hydrogen) atoms. The summed E-state index contributed by atoms with van der Waals surface area (Å²) in [6.07, 6.45) is 0. The first-order valence-electron chi connectivity index (χ1n) is 4.73. The summed E-state index contributed by atoms with van der Waals surface area (Å²) in [5.41, 5.74) is -0.301. The molecule has 2 N–H and O–H groups in total. The first-order valence-corrected chi connectivity index (χ1v) is 5.49. The lowest BCUT2D eigenvalue weighted by molar-refractivity contribution is 0.0869. The third-order valence-electron chi connectivity index (χ3n) is 1.97. The van der Waals surface area contributed by atoms with Gasteiger partial charge in [0.05, 0.1) is 12.1 Å². The molecule has 0 saturated heterocycles. The maximum absolute atomic E-state index is 11.8. The summed E-state index contributed by atoms with van der Waals surface area (Å²) in [5.74, 6) is -0.316. The van der Waals surface area contributed by atoms with E-state index < -0.39 is 5.54 Å². The van der Waals surface area contributed by atoms with Crippen molar-refractivity contribution in [3.8, 4) is 0 Å². The van der Waals surface area contributed by atoms with Crippen LogP contribution in [0.5, 0.6) is 0 Å². The standard InChI is InChI=1S/C11H13Cl2NO2/c1-11(2,6-15)14-10(16)7-3-8(12)5-9(13)4-7/h3-5,15H,6H2,1-2H3,(H,14,16). The van der Waals surface area contributed by atoms with E-state index in [1.54, 1.807) is 19.9 Å². The first kappa shape index (κ1) is 13.3. The number of amides is 1. The average molecular weight is 262 g/mol. The van der Waals surface area contributed by atoms with Gasteiger partial charge in [0, 0.05) is 15.6 Å². The van der Waals surface area contributed by atoms with E-state index in [1.165, 1.54) is 12.1 Å². The third kappa shape index (κ3) is 3.67. The van der Waals surface area contributed by atoms with E-state index in [0.717, 1.165) is 0 Å². The second-order valence-electron chi connectivity index (χ2n) is 4.15. The summed E-state index contributed by atoms with van der Waals surface area (Å²) in [4.78, 5) is 11.8. The van der Waals surface area contributed by atoms with Crippen LogP contribution in [0.1, 0.15) is 24.2 Å². The number of hydrogen-bond donors (Lipinski definition) is 2. The molecular weight excluding hydrogens is 249 g/mol. The van der Waals surface area contributed by atoms with E-state index in [0.29, 0.717) is 15.6 Å². The van der Waals surface area contributed by atoms with Crippen LogP contribution in [0, 0.1) is 0 Å². The number of carbonyl (C=O) groups excluding carboxylic acids is 1. The molecule has 0 heterocycles. The minimum absolute atomic E-state index is 0.146. The van der Waals surface area contributed by atoms with Gasteiger partial charge in [-0.2, -0.15) is 0 Å². The van der Waals surface area contributed by atoms with Crippen LogP contribution < -0.4 is 5.32 Å². The minimum Gasteiger partial charge on any atom is -0.394 e. The first-order chi connectivity index (χ1) is 7.34. The molecular formula is C11H13Cl2NO2. The van der Waals surface area contributed by atoms with Gasteiger partial charge in [-0.1, -0.05) is 23.2 Å². The Bertz CT molecular complexity index is 385. The van der Waals surface area contributed by atoms with Gasteiger partial charge in [0.25, 0.3) is 5.91 Å². The van der Waals surface area contributed by atoms with Gasteiger partial charge in [-0.05, 0) is 32.0 Å². The number of aliphatic hydroxyl groups is 1. The van der Waals surface area contributed by atoms with E-state index in [2.05, 4.69) is 5.32 Å². The number of carbonyl (C=O) groups is 1. The van der Waals surface area contributed by atoms with Crippen molar-refractivity contribution in [2.75, 3.05) is 6.61 Å². The molecule has 1 aromatic carbocycles. The molecule has 0 aromatic heterocycles. The fraction of sp³-hybridized carbons (Fsp3) is 0.364. The molecule has 88 valence electrons. The van der Waals surface area contributed by atoms with E-state index in [9.17, 15) is 4.79 Å². The van der Waals surface area contributed by atoms with Crippen molar-refractivity contribution in [1.29, 1.82) is 0 Å². The van der Waals surface area contributed by atoms with E-state index in [1.807, 2.05) is 0 Å². The van der Waals surface area contributed by atoms with Gasteiger partial charge in [-0.15, -0.1) is 0 Å². The largest absolute Gasteiger partial charge is 0.394 e. The number of benzene rings is 1. The minimum atomic E-state index is -0.675. The lowest BCUT2D eigenvalue weighted by atomic mass is 10.1. The van der Waals surface area contributed by atoms with Crippen LogP contribution in [0.2, 0.25) is 10.0 Å². The van der Waals surface area contributed by atoms with Crippen molar-refractivity contribution in [3.63, 3.8) is 0 Å². The Kier molecular flexibility index (Phi) is 4.19. The summed E-state index contributed by atoms with van der Waals surface area (Å²) < 4.78 is 0. The van der Waals surface area contributed by atoms with Crippen LogP contribution in [0.25, 0.3) is 0 Å². The molecule has 0 aliphatic rings. The van der Waals surface area contributed by atoms with Crippen LogP contribution in [0.4, 0.5) is 0 Å². The molecule has 5 heteroatoms. The Morgan fingerprint density at radius 2 is 1.81 bits per heavy atom. The smallest absolute Gasteiger partial charge is 0.251 e. The molecule has 0 aliphatic carbocycles. The van der Waals surface area contributed by atoms with Crippen molar-refractivity contribution >= 4 is 29.1 Å². The molecule has 1 rings (SSSR count). The predicted octanol–water partition coefficient (Wildman–Crippen LogP) is 2.49. The molecule has 0 saturated carbocycles. The molecule has 0 unspecified atom stereocenters. The summed E-state index contributed by atoms with van der Waals surface area (Å²) in [6, 6.07) is 4.60. The lowest BCUT2D eigenvalue weighted by Gasteiger charge is -2.23. The van der Waals surface area contributed by atoms with Crippen LogP contribution >= 0.6 is 23.2 Å². The van der Waals surface area contributed by atoms with Gasteiger partial charge >= 0.3 is 0 Å². The normalized spacial score (nSPS) is 11.3. The van der Waals surface area contributed by atoms with Gasteiger partial charge in [0.2, 0.25) is 0 Å². The Balaban J connectivity index is 2.89. The lowest BCUT2D eigenvalue weighted by Crippen LogP contribution is -2.46. The van der Waals surface area contributed by atoms with Crippen molar-refractivity contribution in [2.45, 2.75) is 19.4 Å². The zero-order valence-corrected chi connectivity index (χ0v) is 10.6. The summed E-state index contributed by atoms with van der Waals surface area (Å²) in [6.45, 7) is 3.29. The van der Waals surface area contributed by atoms with Crippen molar-refractivity contribution in [2.24, 2.45) is 0 Å². The zero-order valence-electron chi connectivity index (χ0n) is 9.05. The van der Waals surface area contributed by atoms with Crippen LogP contribution in [0.3, 0.4) is 0 Å². The summed E-state index contributed by atoms with van der Waals surface area (Å²) in [7, 11) is 0. The topological polar surface area (TPSA) is 49.3 Å². The monoisotopic (exact) mass is 261 g/mol. The fourth-order valence-corrected chi connectivity index (χ4v) is 1.63. The second-order valence-corrected chi connectivity index (χ2v) is 5.03. The Morgan fingerprint density at radius 1 is 1.31 bits per heavy atom. The number of aliphatic hydroxyl groups excluding tert-OH is 1. The SMILES string of the molecule is CC(C)(CO)NC(=O)c1cc(Cl)cc(Cl)c1. The summed E-state index contributed by atoms with van der Waals surface area (Å²) in [5, 5.41) is 12.5. The highest BCUT2D eigenvalue weighted by atomic mass is 35.5. The van der Waals surface area contributed by atoms with Crippen LogP contribution in [-0.4, -0.2) is 23.2 Å². The molecule has 0 bridgehead atoms. The number of halogens is 2. The fourth-order valence-electron chi connectivity index (χ4n) is 1.10. The zero-order chi connectivity index (χ0) is 12.3.